The number of ether oxygens (including phenoxy) is 3. The largest absolute Gasteiger partial charge is 0.457 e. The van der Waals surface area contributed by atoms with Crippen molar-refractivity contribution in [3.05, 3.63) is 59.7 Å². The Kier molecular flexibility index (Phi) is 5.48. The summed E-state index contributed by atoms with van der Waals surface area (Å²) < 4.78 is 17.8. The van der Waals surface area contributed by atoms with Gasteiger partial charge in [0, 0.05) is 5.56 Å². The lowest BCUT2D eigenvalue weighted by Gasteiger charge is -2.17. The molecule has 3 fully saturated rings. The molecule has 1 saturated carbocycles. The van der Waals surface area contributed by atoms with Crippen molar-refractivity contribution in [2.24, 2.45) is 5.92 Å². The van der Waals surface area contributed by atoms with E-state index in [1.54, 1.807) is 23.5 Å². The molecule has 2 amide bonds. The molecule has 2 aromatic rings. The average molecular weight is 423 g/mol. The smallest absolute Gasteiger partial charge is 0.313 e. The maximum atomic E-state index is 12.9. The van der Waals surface area contributed by atoms with Crippen LogP contribution in [0.3, 0.4) is 0 Å². The lowest BCUT2D eigenvalue weighted by molar-refractivity contribution is -0.612. The predicted octanol–water partition coefficient (Wildman–Crippen LogP) is 1.55. The number of carbonyl (C=O) groups is 2. The third-order valence-electron chi connectivity index (χ3n) is 6.18. The zero-order chi connectivity index (χ0) is 21.4. The van der Waals surface area contributed by atoms with Gasteiger partial charge < -0.3 is 19.5 Å². The summed E-state index contributed by atoms with van der Waals surface area (Å²) in [4.78, 5) is 25.0. The highest BCUT2D eigenvalue weighted by molar-refractivity contribution is 5.94. The molecule has 0 aromatic heterocycles. The third kappa shape index (κ3) is 4.35. The Bertz CT molecular complexity index is 989. The highest BCUT2D eigenvalue weighted by Crippen LogP contribution is 2.29. The van der Waals surface area contributed by atoms with Crippen LogP contribution in [-0.2, 0) is 14.3 Å². The minimum absolute atomic E-state index is 0.0363. The van der Waals surface area contributed by atoms with Crippen LogP contribution >= 0.6 is 0 Å². The Morgan fingerprint density at radius 3 is 2.65 bits per heavy atom. The van der Waals surface area contributed by atoms with E-state index in [0.717, 1.165) is 24.2 Å². The van der Waals surface area contributed by atoms with Crippen molar-refractivity contribution in [3.63, 3.8) is 0 Å². The molecule has 0 spiro atoms. The first-order chi connectivity index (χ1) is 15.1. The summed E-state index contributed by atoms with van der Waals surface area (Å²) in [7, 11) is 0. The number of para-hydroxylation sites is 1. The maximum absolute atomic E-state index is 12.9. The number of carbonyl (C=O) groups excluding carboxylic acids is 2. The van der Waals surface area contributed by atoms with Gasteiger partial charge in [-0.3, -0.25) is 10.1 Å². The van der Waals surface area contributed by atoms with Crippen molar-refractivity contribution in [2.75, 3.05) is 13.2 Å². The first kappa shape index (κ1) is 20.2. The number of amides is 2. The molecule has 5 rings (SSSR count). The Morgan fingerprint density at radius 2 is 1.84 bits per heavy atom. The van der Waals surface area contributed by atoms with Crippen LogP contribution in [0.4, 0.5) is 0 Å². The van der Waals surface area contributed by atoms with Gasteiger partial charge in [-0.15, -0.1) is 0 Å². The molecule has 0 radical (unpaired) electrons. The Labute approximate surface area is 181 Å². The number of quaternary nitrogens is 1. The van der Waals surface area contributed by atoms with Gasteiger partial charge in [0.25, 0.3) is 5.91 Å². The van der Waals surface area contributed by atoms with E-state index in [-0.39, 0.29) is 42.0 Å². The van der Waals surface area contributed by atoms with E-state index < -0.39 is 0 Å². The lowest BCUT2D eigenvalue weighted by atomic mass is 10.1. The highest BCUT2D eigenvalue weighted by atomic mass is 16.6. The van der Waals surface area contributed by atoms with Crippen molar-refractivity contribution >= 4 is 11.8 Å². The van der Waals surface area contributed by atoms with Gasteiger partial charge in [0.15, 0.2) is 0 Å². The molecule has 7 nitrogen and oxygen atoms in total. The summed E-state index contributed by atoms with van der Waals surface area (Å²) in [6.07, 6.45) is 1.57. The number of fused-ring (bicyclic) bond motifs is 1. The predicted molar refractivity (Wildman–Crippen MR) is 112 cm³/mol. The Hall–Kier alpha value is -2.74. The van der Waals surface area contributed by atoms with Gasteiger partial charge in [-0.2, -0.15) is 0 Å². The first-order valence-electron chi connectivity index (χ1n) is 10.8. The van der Waals surface area contributed by atoms with Gasteiger partial charge >= 0.3 is 5.91 Å². The number of aryl methyl sites for hydroxylation is 1. The Morgan fingerprint density at radius 1 is 1.03 bits per heavy atom. The van der Waals surface area contributed by atoms with Crippen LogP contribution in [0.2, 0.25) is 0 Å². The number of nitrogens with two attached hydrogens (primary N) is 1. The number of primary amides is 1. The van der Waals surface area contributed by atoms with E-state index in [4.69, 9.17) is 14.2 Å². The summed E-state index contributed by atoms with van der Waals surface area (Å²) in [6.45, 7) is 2.81. The normalized spacial score (nSPS) is 27.0. The zero-order valence-corrected chi connectivity index (χ0v) is 17.5. The molecule has 2 aliphatic heterocycles. The monoisotopic (exact) mass is 423 g/mol. The highest BCUT2D eigenvalue weighted by Gasteiger charge is 2.51. The molecule has 2 heterocycles. The fraction of sp³-hybridized carbons (Fsp3) is 0.417. The topological polar surface area (TPSA) is 90.5 Å². The van der Waals surface area contributed by atoms with E-state index in [0.29, 0.717) is 24.5 Å². The Balaban J connectivity index is 1.21. The molecular formula is C24H27N2O5+. The number of hydrogen-bond acceptors (Lipinski definition) is 5. The second-order valence-electron chi connectivity index (χ2n) is 8.58. The van der Waals surface area contributed by atoms with Crippen LogP contribution in [0.5, 0.6) is 11.5 Å². The summed E-state index contributed by atoms with van der Waals surface area (Å²) in [6, 6.07) is 14.6. The fourth-order valence-electron chi connectivity index (χ4n) is 4.26. The van der Waals surface area contributed by atoms with Crippen molar-refractivity contribution in [1.82, 2.24) is 5.32 Å². The summed E-state index contributed by atoms with van der Waals surface area (Å²) in [5.74, 6) is 1.57. The number of hydrogen-bond donors (Lipinski definition) is 2. The van der Waals surface area contributed by atoms with Crippen LogP contribution in [0.1, 0.15) is 28.8 Å². The molecule has 162 valence electrons. The van der Waals surface area contributed by atoms with Crippen LogP contribution in [0.25, 0.3) is 0 Å². The van der Waals surface area contributed by atoms with E-state index in [1.165, 1.54) is 0 Å². The van der Waals surface area contributed by atoms with Gasteiger partial charge in [0.1, 0.15) is 36.4 Å². The molecule has 4 atom stereocenters. The third-order valence-corrected chi connectivity index (χ3v) is 6.18. The van der Waals surface area contributed by atoms with Gasteiger partial charge in [-0.1, -0.05) is 24.3 Å². The van der Waals surface area contributed by atoms with Gasteiger partial charge in [-0.25, -0.2) is 4.79 Å². The lowest BCUT2D eigenvalue weighted by Crippen LogP contribution is -2.96. The average Bonchev–Trinajstić information content (AvgIpc) is 3.45. The van der Waals surface area contributed by atoms with E-state index in [2.05, 4.69) is 5.32 Å². The van der Waals surface area contributed by atoms with Gasteiger partial charge in [0.05, 0.1) is 18.6 Å². The zero-order valence-electron chi connectivity index (χ0n) is 17.5. The second-order valence-corrected chi connectivity index (χ2v) is 8.58. The van der Waals surface area contributed by atoms with Crippen LogP contribution in [-0.4, -0.2) is 49.3 Å². The number of benzene rings is 2. The number of rotatable bonds is 6. The van der Waals surface area contributed by atoms with Crippen LogP contribution in [0.15, 0.2) is 48.5 Å². The standard InChI is InChI=1S/C24H26N2O5/c1-14-5-2-3-8-20(14)31-17-7-4-6-16(11-17)24(28)26-19-13-30-21-18(12-29-22(19)21)25-23(27)15-9-10-15/h2-8,11,15,18-19,21-22H,9-10,12-13H2,1H3,(H,25,27)(H,26,28)/p+1. The van der Waals surface area contributed by atoms with Crippen molar-refractivity contribution in [1.29, 1.82) is 0 Å². The molecule has 2 saturated heterocycles. The summed E-state index contributed by atoms with van der Waals surface area (Å²) in [5.41, 5.74) is 1.54. The van der Waals surface area contributed by atoms with Gasteiger partial charge in [0.2, 0.25) is 0 Å². The van der Waals surface area contributed by atoms with E-state index in [1.807, 2.05) is 37.3 Å². The van der Waals surface area contributed by atoms with Crippen molar-refractivity contribution in [2.45, 2.75) is 44.1 Å². The molecule has 3 aliphatic rings. The molecule has 0 bridgehead atoms. The van der Waals surface area contributed by atoms with Crippen molar-refractivity contribution in [3.8, 4) is 11.5 Å². The number of nitrogens with one attached hydrogen (secondary N) is 1. The van der Waals surface area contributed by atoms with E-state index in [9.17, 15) is 9.59 Å². The minimum Gasteiger partial charge on any atom is -0.457 e. The first-order valence-corrected chi connectivity index (χ1v) is 10.8. The summed E-state index contributed by atoms with van der Waals surface area (Å²) in [5, 5.41) is 4.81. The SMILES string of the molecule is Cc1ccccc1Oc1cccc(C(=O)NC2COC3C([NH2+]C(=O)C4CC4)COC23)c1. The molecule has 4 unspecified atom stereocenters. The summed E-state index contributed by atoms with van der Waals surface area (Å²) >= 11 is 0. The van der Waals surface area contributed by atoms with Crippen LogP contribution < -0.4 is 15.4 Å². The molecular weight excluding hydrogens is 396 g/mol. The fourth-order valence-corrected chi connectivity index (χ4v) is 4.26. The van der Waals surface area contributed by atoms with Crippen molar-refractivity contribution < 1.29 is 29.1 Å². The minimum atomic E-state index is -0.243. The molecule has 7 heteroatoms. The van der Waals surface area contributed by atoms with Crippen LogP contribution in [0, 0.1) is 12.8 Å². The van der Waals surface area contributed by atoms with Gasteiger partial charge in [-0.05, 0) is 49.6 Å². The van der Waals surface area contributed by atoms with E-state index >= 15 is 0 Å². The maximum Gasteiger partial charge on any atom is 0.313 e. The molecule has 31 heavy (non-hydrogen) atoms. The molecule has 1 aliphatic carbocycles. The molecule has 3 N–H and O–H groups in total. The molecule has 2 aromatic carbocycles. The second kappa shape index (κ2) is 8.42. The quantitative estimate of drug-likeness (QED) is 0.736.